The lowest BCUT2D eigenvalue weighted by Crippen LogP contribution is -1.73. The first-order valence-corrected chi connectivity index (χ1v) is 2.39. The summed E-state index contributed by atoms with van der Waals surface area (Å²) in [4.78, 5) is 0. The van der Waals surface area contributed by atoms with Crippen LogP contribution in [0.3, 0.4) is 0 Å². The van der Waals surface area contributed by atoms with Crippen LogP contribution in [0, 0.1) is 17.8 Å². The van der Waals surface area contributed by atoms with Crippen LogP contribution in [0.2, 0.25) is 0 Å². The average Bonchev–Trinajstić information content (AvgIpc) is 2.11. The Labute approximate surface area is 32.2 Å². The molecule has 0 bridgehead atoms. The van der Waals surface area contributed by atoms with Crippen molar-refractivity contribution in [2.24, 2.45) is 17.8 Å². The lowest BCUT2D eigenvalue weighted by molar-refractivity contribution is 0.679. The molecule has 0 nitrogen and oxygen atoms in total. The number of hydrogen-bond acceptors (Lipinski definition) is 0. The maximum absolute atomic E-state index is 2.35. The average molecular weight is 68.1 g/mol. The van der Waals surface area contributed by atoms with Crippen LogP contribution >= 0.6 is 0 Å². The van der Waals surface area contributed by atoms with E-state index in [-0.39, 0.29) is 0 Å². The third-order valence-corrected chi connectivity index (χ3v) is 2.10. The molecule has 0 heterocycles. The van der Waals surface area contributed by atoms with Gasteiger partial charge in [0.1, 0.15) is 0 Å². The van der Waals surface area contributed by atoms with E-state index in [2.05, 4.69) is 6.92 Å². The lowest BCUT2D eigenvalue weighted by atomic mass is 10.2. The van der Waals surface area contributed by atoms with Crippen LogP contribution in [0.5, 0.6) is 0 Å². The fourth-order valence-electron chi connectivity index (χ4n) is 1.11. The predicted molar refractivity (Wildman–Crippen MR) is 20.8 cm³/mol. The van der Waals surface area contributed by atoms with Crippen molar-refractivity contribution in [2.75, 3.05) is 0 Å². The summed E-state index contributed by atoms with van der Waals surface area (Å²) in [6.07, 6.45) is 1.57. The molecule has 5 heavy (non-hydrogen) atoms. The molecule has 2 rings (SSSR count). The van der Waals surface area contributed by atoms with E-state index < -0.39 is 0 Å². The van der Waals surface area contributed by atoms with Gasteiger partial charge >= 0.3 is 0 Å². The van der Waals surface area contributed by atoms with Gasteiger partial charge in [-0.2, -0.15) is 0 Å². The molecule has 2 aliphatic carbocycles. The van der Waals surface area contributed by atoms with Crippen molar-refractivity contribution in [3.63, 3.8) is 0 Å². The van der Waals surface area contributed by atoms with Crippen molar-refractivity contribution in [2.45, 2.75) is 13.3 Å². The van der Waals surface area contributed by atoms with Crippen molar-refractivity contribution < 1.29 is 0 Å². The van der Waals surface area contributed by atoms with Gasteiger partial charge in [-0.25, -0.2) is 0 Å². The van der Waals surface area contributed by atoms with Crippen LogP contribution in [0.25, 0.3) is 0 Å². The highest BCUT2D eigenvalue weighted by Crippen LogP contribution is 2.67. The van der Waals surface area contributed by atoms with E-state index in [9.17, 15) is 0 Å². The largest absolute Gasteiger partial charge is 0.0620 e. The molecule has 0 radical (unpaired) electrons. The zero-order valence-corrected chi connectivity index (χ0v) is 3.44. The maximum atomic E-state index is 2.35. The third kappa shape index (κ3) is 0.111. The summed E-state index contributed by atoms with van der Waals surface area (Å²) in [5, 5.41) is 0. The van der Waals surface area contributed by atoms with E-state index in [1.807, 2.05) is 0 Å². The van der Waals surface area contributed by atoms with Crippen LogP contribution in [0.1, 0.15) is 13.3 Å². The summed E-state index contributed by atoms with van der Waals surface area (Å²) in [5.74, 6) is 3.58. The summed E-state index contributed by atoms with van der Waals surface area (Å²) in [6, 6.07) is 0. The first-order chi connectivity index (χ1) is 2.39. The van der Waals surface area contributed by atoms with Gasteiger partial charge in [0.2, 0.25) is 0 Å². The molecule has 2 aliphatic rings. The second kappa shape index (κ2) is 0.360. The quantitative estimate of drug-likeness (QED) is 0.401. The normalized spacial score (nSPS) is 70.2. The molecule has 2 fully saturated rings. The van der Waals surface area contributed by atoms with Gasteiger partial charge < -0.3 is 0 Å². The third-order valence-electron chi connectivity index (χ3n) is 2.10. The second-order valence-corrected chi connectivity index (χ2v) is 2.42. The standard InChI is InChI=1S/C5H8/c1-3-4-2-5(3)4/h3-5H,2H2,1H3. The molecule has 0 heteroatoms. The van der Waals surface area contributed by atoms with Crippen molar-refractivity contribution in [1.29, 1.82) is 0 Å². The summed E-state index contributed by atoms with van der Waals surface area (Å²) in [6.45, 7) is 2.35. The first kappa shape index (κ1) is 2.22. The Morgan fingerprint density at radius 1 is 1.40 bits per heavy atom. The molecule has 0 aliphatic heterocycles. The van der Waals surface area contributed by atoms with Crippen molar-refractivity contribution in [3.8, 4) is 0 Å². The number of rotatable bonds is 0. The van der Waals surface area contributed by atoms with Gasteiger partial charge in [0.25, 0.3) is 0 Å². The van der Waals surface area contributed by atoms with E-state index in [1.54, 1.807) is 6.42 Å². The lowest BCUT2D eigenvalue weighted by Gasteiger charge is -1.82. The molecule has 0 aromatic carbocycles. The van der Waals surface area contributed by atoms with Crippen molar-refractivity contribution >= 4 is 0 Å². The molecule has 2 unspecified atom stereocenters. The van der Waals surface area contributed by atoms with Crippen molar-refractivity contribution in [3.05, 3.63) is 0 Å². The smallest absolute Gasteiger partial charge is 0.0352 e. The molecule has 0 N–H and O–H groups in total. The van der Waals surface area contributed by atoms with Gasteiger partial charge in [-0.15, -0.1) is 0 Å². The van der Waals surface area contributed by atoms with E-state index in [0.717, 1.165) is 5.92 Å². The Bertz CT molecular complexity index is 51.7. The van der Waals surface area contributed by atoms with Crippen LogP contribution in [0.4, 0.5) is 0 Å². The summed E-state index contributed by atoms with van der Waals surface area (Å²) >= 11 is 0. The predicted octanol–water partition coefficient (Wildman–Crippen LogP) is 1.27. The van der Waals surface area contributed by atoms with E-state index in [0.29, 0.717) is 0 Å². The Balaban J connectivity index is 2.19. The molecule has 2 atom stereocenters. The van der Waals surface area contributed by atoms with Crippen LogP contribution < -0.4 is 0 Å². The van der Waals surface area contributed by atoms with Crippen LogP contribution in [0.15, 0.2) is 0 Å². The van der Waals surface area contributed by atoms with Gasteiger partial charge in [-0.05, 0) is 24.2 Å². The van der Waals surface area contributed by atoms with Crippen LogP contribution in [-0.4, -0.2) is 0 Å². The van der Waals surface area contributed by atoms with Gasteiger partial charge in [-0.3, -0.25) is 0 Å². The van der Waals surface area contributed by atoms with E-state index in [4.69, 9.17) is 0 Å². The minimum absolute atomic E-state index is 1.15. The number of hydrogen-bond donors (Lipinski definition) is 0. The Morgan fingerprint density at radius 2 is 1.80 bits per heavy atom. The van der Waals surface area contributed by atoms with Gasteiger partial charge in [0.05, 0.1) is 0 Å². The molecular formula is C5H8. The monoisotopic (exact) mass is 68.1 g/mol. The molecule has 0 aromatic heterocycles. The molecule has 28 valence electrons. The Hall–Kier alpha value is 0. The Kier molecular flexibility index (Phi) is 0.160. The van der Waals surface area contributed by atoms with E-state index >= 15 is 0 Å². The number of fused-ring (bicyclic) bond motifs is 1. The zero-order valence-electron chi connectivity index (χ0n) is 3.44. The fourth-order valence-corrected chi connectivity index (χ4v) is 1.11. The molecule has 0 saturated heterocycles. The second-order valence-electron chi connectivity index (χ2n) is 2.42. The Morgan fingerprint density at radius 3 is 1.80 bits per heavy atom. The first-order valence-electron chi connectivity index (χ1n) is 2.39. The molecule has 0 aromatic rings. The highest BCUT2D eigenvalue weighted by atomic mass is 14.7. The summed E-state index contributed by atoms with van der Waals surface area (Å²) in [7, 11) is 0. The SMILES string of the molecule is CC1C2CC12. The minimum Gasteiger partial charge on any atom is -0.0620 e. The van der Waals surface area contributed by atoms with Gasteiger partial charge in [-0.1, -0.05) is 6.92 Å². The molecular weight excluding hydrogens is 60.1 g/mol. The summed E-state index contributed by atoms with van der Waals surface area (Å²) < 4.78 is 0. The molecule has 0 amide bonds. The topological polar surface area (TPSA) is 0 Å². The highest BCUT2D eigenvalue weighted by molar-refractivity contribution is 5.09. The van der Waals surface area contributed by atoms with Gasteiger partial charge in [0, 0.05) is 0 Å². The minimum atomic E-state index is 1.15. The van der Waals surface area contributed by atoms with Gasteiger partial charge in [0.15, 0.2) is 0 Å². The zero-order chi connectivity index (χ0) is 3.44. The fraction of sp³-hybridized carbons (Fsp3) is 1.00. The van der Waals surface area contributed by atoms with Crippen molar-refractivity contribution in [1.82, 2.24) is 0 Å². The molecule has 2 saturated carbocycles. The highest BCUT2D eigenvalue weighted by Gasteiger charge is 2.60. The maximum Gasteiger partial charge on any atom is -0.0352 e. The molecule has 0 spiro atoms. The summed E-state index contributed by atoms with van der Waals surface area (Å²) in [5.41, 5.74) is 0. The van der Waals surface area contributed by atoms with Crippen LogP contribution in [-0.2, 0) is 0 Å². The van der Waals surface area contributed by atoms with E-state index in [1.165, 1.54) is 11.8 Å².